The van der Waals surface area contributed by atoms with E-state index in [1.165, 1.54) is 0 Å². The molecule has 0 heterocycles. The van der Waals surface area contributed by atoms with Crippen molar-refractivity contribution in [2.75, 3.05) is 6.61 Å². The predicted octanol–water partition coefficient (Wildman–Crippen LogP) is 1.64. The first-order valence-corrected chi connectivity index (χ1v) is 10.1. The molecule has 0 saturated heterocycles. The van der Waals surface area contributed by atoms with Gasteiger partial charge in [-0.2, -0.15) is 0 Å². The molecule has 3 aromatic carbocycles. The zero-order chi connectivity index (χ0) is 22.9. The Morgan fingerprint density at radius 2 is 1.53 bits per heavy atom. The largest absolute Gasteiger partial charge is 0.445 e. The number of hydrogen-bond donors (Lipinski definition) is 4. The van der Waals surface area contributed by atoms with E-state index in [9.17, 15) is 19.5 Å². The van der Waals surface area contributed by atoms with E-state index in [0.717, 1.165) is 21.9 Å². The van der Waals surface area contributed by atoms with Crippen LogP contribution in [0.4, 0.5) is 4.79 Å². The molecule has 8 nitrogen and oxygen atoms in total. The number of nitrogens with two attached hydrogens (primary N) is 1. The summed E-state index contributed by atoms with van der Waals surface area (Å²) in [6.07, 6.45) is -0.698. The summed E-state index contributed by atoms with van der Waals surface area (Å²) in [5.74, 6) is -1.47. The van der Waals surface area contributed by atoms with Crippen molar-refractivity contribution < 1.29 is 24.2 Å². The Morgan fingerprint density at radius 3 is 2.22 bits per heavy atom. The van der Waals surface area contributed by atoms with Crippen molar-refractivity contribution in [2.24, 2.45) is 5.73 Å². The molecule has 3 aromatic rings. The van der Waals surface area contributed by atoms with Crippen molar-refractivity contribution in [1.29, 1.82) is 0 Å². The summed E-state index contributed by atoms with van der Waals surface area (Å²) in [5.41, 5.74) is 7.06. The van der Waals surface area contributed by atoms with Gasteiger partial charge in [-0.25, -0.2) is 4.79 Å². The normalized spacial score (nSPS) is 12.5. The van der Waals surface area contributed by atoms with Crippen LogP contribution in [0.25, 0.3) is 10.8 Å². The Balaban J connectivity index is 1.59. The lowest BCUT2D eigenvalue weighted by Gasteiger charge is -2.20. The molecular weight excluding hydrogens is 410 g/mol. The van der Waals surface area contributed by atoms with E-state index in [1.807, 2.05) is 48.5 Å². The summed E-state index contributed by atoms with van der Waals surface area (Å²) >= 11 is 0. The zero-order valence-electron chi connectivity index (χ0n) is 17.4. The van der Waals surface area contributed by atoms with Crippen LogP contribution >= 0.6 is 0 Å². The van der Waals surface area contributed by atoms with Gasteiger partial charge in [0.05, 0.1) is 6.61 Å². The third kappa shape index (κ3) is 6.29. The molecule has 0 bridgehead atoms. The molecule has 3 amide bonds. The molecule has 0 spiro atoms. The standard InChI is InChI=1S/C24H25N3O5/c25-22(29)20(13-17-10-11-18-8-4-5-9-19(18)12-17)26-23(30)21(14-28)27-24(31)32-15-16-6-2-1-3-7-16/h1-12,20-21,28H,13-15H2,(H2,25,29)(H,26,30)(H,27,31)/t20-,21-/m0/s1. The molecule has 0 fully saturated rings. The predicted molar refractivity (Wildman–Crippen MR) is 119 cm³/mol. The highest BCUT2D eigenvalue weighted by molar-refractivity contribution is 5.91. The van der Waals surface area contributed by atoms with E-state index < -0.39 is 36.6 Å². The summed E-state index contributed by atoms with van der Waals surface area (Å²) in [6.45, 7) is -0.661. The van der Waals surface area contributed by atoms with Gasteiger partial charge in [-0.3, -0.25) is 9.59 Å². The minimum atomic E-state index is -1.29. The third-order valence-corrected chi connectivity index (χ3v) is 4.92. The Hall–Kier alpha value is -3.91. The fourth-order valence-electron chi connectivity index (χ4n) is 3.20. The maximum Gasteiger partial charge on any atom is 0.408 e. The number of carbonyl (C=O) groups is 3. The van der Waals surface area contributed by atoms with Crippen molar-refractivity contribution in [3.8, 4) is 0 Å². The Kier molecular flexibility index (Phi) is 7.77. The summed E-state index contributed by atoms with van der Waals surface area (Å²) in [6, 6.07) is 20.2. The van der Waals surface area contributed by atoms with E-state index in [-0.39, 0.29) is 13.0 Å². The lowest BCUT2D eigenvalue weighted by Crippen LogP contribution is -2.54. The fraction of sp³-hybridized carbons (Fsp3) is 0.208. The first-order valence-electron chi connectivity index (χ1n) is 10.1. The lowest BCUT2D eigenvalue weighted by atomic mass is 10.0. The minimum Gasteiger partial charge on any atom is -0.445 e. The van der Waals surface area contributed by atoms with Crippen LogP contribution in [-0.4, -0.2) is 41.7 Å². The van der Waals surface area contributed by atoms with Crippen LogP contribution in [0.1, 0.15) is 11.1 Å². The van der Waals surface area contributed by atoms with Crippen LogP contribution in [0.5, 0.6) is 0 Å². The van der Waals surface area contributed by atoms with Crippen LogP contribution in [0.3, 0.4) is 0 Å². The molecule has 5 N–H and O–H groups in total. The number of hydrogen-bond acceptors (Lipinski definition) is 5. The number of carbonyl (C=O) groups excluding carboxylic acids is 3. The van der Waals surface area contributed by atoms with Crippen molar-refractivity contribution in [3.63, 3.8) is 0 Å². The number of alkyl carbamates (subject to hydrolysis) is 1. The molecule has 0 radical (unpaired) electrons. The van der Waals surface area contributed by atoms with Gasteiger partial charge in [0.1, 0.15) is 18.7 Å². The molecule has 0 aromatic heterocycles. The second-order valence-electron chi connectivity index (χ2n) is 7.29. The van der Waals surface area contributed by atoms with Gasteiger partial charge in [0.2, 0.25) is 11.8 Å². The third-order valence-electron chi connectivity index (χ3n) is 4.92. The van der Waals surface area contributed by atoms with E-state index >= 15 is 0 Å². The maximum absolute atomic E-state index is 12.6. The van der Waals surface area contributed by atoms with Gasteiger partial charge in [0, 0.05) is 6.42 Å². The lowest BCUT2D eigenvalue weighted by molar-refractivity contribution is -0.129. The SMILES string of the molecule is NC(=O)[C@H](Cc1ccc2ccccc2c1)NC(=O)[C@H](CO)NC(=O)OCc1ccccc1. The summed E-state index contributed by atoms with van der Waals surface area (Å²) < 4.78 is 5.07. The summed E-state index contributed by atoms with van der Waals surface area (Å²) in [7, 11) is 0. The number of aliphatic hydroxyl groups excluding tert-OH is 1. The number of amides is 3. The van der Waals surface area contributed by atoms with Crippen LogP contribution in [0.15, 0.2) is 72.8 Å². The number of rotatable bonds is 9. The smallest absolute Gasteiger partial charge is 0.408 e. The van der Waals surface area contributed by atoms with Crippen LogP contribution in [0.2, 0.25) is 0 Å². The number of benzene rings is 3. The summed E-state index contributed by atoms with van der Waals surface area (Å²) in [5, 5.41) is 16.4. The van der Waals surface area contributed by atoms with E-state index in [0.29, 0.717) is 0 Å². The number of fused-ring (bicyclic) bond motifs is 1. The molecule has 3 rings (SSSR count). The van der Waals surface area contributed by atoms with Crippen molar-refractivity contribution in [3.05, 3.63) is 83.9 Å². The molecule has 0 aliphatic rings. The van der Waals surface area contributed by atoms with Gasteiger partial charge >= 0.3 is 6.09 Å². The van der Waals surface area contributed by atoms with Crippen LogP contribution in [0, 0.1) is 0 Å². The highest BCUT2D eigenvalue weighted by Gasteiger charge is 2.26. The highest BCUT2D eigenvalue weighted by Crippen LogP contribution is 2.16. The molecule has 0 unspecified atom stereocenters. The Bertz CT molecular complexity index is 1090. The van der Waals surface area contributed by atoms with Gasteiger partial charge < -0.3 is 26.2 Å². The van der Waals surface area contributed by atoms with Crippen molar-refractivity contribution >= 4 is 28.7 Å². The highest BCUT2D eigenvalue weighted by atomic mass is 16.5. The molecule has 166 valence electrons. The van der Waals surface area contributed by atoms with Crippen molar-refractivity contribution in [1.82, 2.24) is 10.6 Å². The Labute approximate surface area is 185 Å². The van der Waals surface area contributed by atoms with Gasteiger partial charge in [-0.1, -0.05) is 72.8 Å². The fourth-order valence-corrected chi connectivity index (χ4v) is 3.20. The average molecular weight is 435 g/mol. The number of ether oxygens (including phenoxy) is 1. The quantitative estimate of drug-likeness (QED) is 0.406. The van der Waals surface area contributed by atoms with Gasteiger partial charge in [0.25, 0.3) is 0 Å². The van der Waals surface area contributed by atoms with Gasteiger partial charge in [-0.05, 0) is 21.9 Å². The van der Waals surface area contributed by atoms with Crippen LogP contribution in [-0.2, 0) is 27.4 Å². The molecule has 0 saturated carbocycles. The number of nitrogens with one attached hydrogen (secondary N) is 2. The molecular formula is C24H25N3O5. The number of primary amides is 1. The molecule has 0 aliphatic heterocycles. The summed E-state index contributed by atoms with van der Waals surface area (Å²) in [4.78, 5) is 36.5. The molecule has 0 aliphatic carbocycles. The second-order valence-corrected chi connectivity index (χ2v) is 7.29. The minimum absolute atomic E-state index is 0.0122. The first-order chi connectivity index (χ1) is 15.5. The monoisotopic (exact) mass is 435 g/mol. The van der Waals surface area contributed by atoms with Crippen LogP contribution < -0.4 is 16.4 Å². The Morgan fingerprint density at radius 1 is 0.844 bits per heavy atom. The topological polar surface area (TPSA) is 131 Å². The maximum atomic E-state index is 12.6. The average Bonchev–Trinajstić information content (AvgIpc) is 2.81. The molecule has 2 atom stereocenters. The van der Waals surface area contributed by atoms with Gasteiger partial charge in [-0.15, -0.1) is 0 Å². The first kappa shape index (κ1) is 22.8. The molecule has 8 heteroatoms. The number of aliphatic hydroxyl groups is 1. The van der Waals surface area contributed by atoms with E-state index in [4.69, 9.17) is 10.5 Å². The molecule has 32 heavy (non-hydrogen) atoms. The van der Waals surface area contributed by atoms with E-state index in [2.05, 4.69) is 10.6 Å². The van der Waals surface area contributed by atoms with Gasteiger partial charge in [0.15, 0.2) is 0 Å². The van der Waals surface area contributed by atoms with E-state index in [1.54, 1.807) is 24.3 Å². The zero-order valence-corrected chi connectivity index (χ0v) is 17.4. The van der Waals surface area contributed by atoms with Crippen molar-refractivity contribution in [2.45, 2.75) is 25.1 Å². The second kappa shape index (κ2) is 10.9.